The molecule has 1 atom stereocenters. The Labute approximate surface area is 168 Å². The van der Waals surface area contributed by atoms with Crippen molar-refractivity contribution in [2.75, 3.05) is 31.1 Å². The van der Waals surface area contributed by atoms with Gasteiger partial charge in [0, 0.05) is 17.2 Å². The lowest BCUT2D eigenvalue weighted by molar-refractivity contribution is -0.123. The summed E-state index contributed by atoms with van der Waals surface area (Å²) in [6, 6.07) is 16.0. The summed E-state index contributed by atoms with van der Waals surface area (Å²) in [4.78, 5) is 28.8. The fourth-order valence-corrected chi connectivity index (χ4v) is 4.15. The fraction of sp³-hybridized carbons (Fsp3) is 0.286. The monoisotopic (exact) mass is 395 g/mol. The van der Waals surface area contributed by atoms with E-state index >= 15 is 0 Å². The molecule has 0 spiro atoms. The number of hydrogen-bond donors (Lipinski definition) is 0. The summed E-state index contributed by atoms with van der Waals surface area (Å²) in [5.74, 6) is -0.406. The molecule has 2 aliphatic rings. The average molecular weight is 396 g/mol. The van der Waals surface area contributed by atoms with Crippen LogP contribution in [0.4, 0.5) is 11.4 Å². The van der Waals surface area contributed by atoms with E-state index in [-0.39, 0.29) is 22.7 Å². The third-order valence-electron chi connectivity index (χ3n) is 5.63. The molecule has 7 heteroatoms. The van der Waals surface area contributed by atoms with Crippen LogP contribution in [0.2, 0.25) is 5.02 Å². The summed E-state index contributed by atoms with van der Waals surface area (Å²) in [7, 11) is 0. The Balaban J connectivity index is 1.49. The van der Waals surface area contributed by atoms with Gasteiger partial charge in [-0.1, -0.05) is 29.8 Å². The van der Waals surface area contributed by atoms with E-state index in [0.717, 1.165) is 5.69 Å². The molecule has 142 valence electrons. The van der Waals surface area contributed by atoms with Crippen LogP contribution >= 0.6 is 11.6 Å². The number of carbonyl (C=O) groups is 2. The molecule has 2 saturated heterocycles. The van der Waals surface area contributed by atoms with Crippen molar-refractivity contribution in [3.05, 3.63) is 59.6 Å². The highest BCUT2D eigenvalue weighted by atomic mass is 35.5. The lowest BCUT2D eigenvalue weighted by Crippen LogP contribution is -2.60. The maximum atomic E-state index is 13.0. The zero-order valence-corrected chi connectivity index (χ0v) is 16.0. The van der Waals surface area contributed by atoms with Crippen LogP contribution in [0.15, 0.2) is 54.6 Å². The summed E-state index contributed by atoms with van der Waals surface area (Å²) in [6.45, 7) is 2.33. The molecule has 0 unspecified atom stereocenters. The Kier molecular flexibility index (Phi) is 4.90. The maximum absolute atomic E-state index is 13.0. The van der Waals surface area contributed by atoms with Gasteiger partial charge in [0.2, 0.25) is 5.91 Å². The minimum Gasteiger partial charge on any atom is -0.280 e. The first-order chi connectivity index (χ1) is 13.5. The van der Waals surface area contributed by atoms with Crippen LogP contribution in [0, 0.1) is 11.5 Å². The molecular formula is C21H20ClN4O2+. The third-order valence-corrected chi connectivity index (χ3v) is 5.88. The van der Waals surface area contributed by atoms with Crippen molar-refractivity contribution in [1.29, 1.82) is 5.26 Å². The molecule has 2 aliphatic heterocycles. The first-order valence-corrected chi connectivity index (χ1v) is 9.62. The number of benzene rings is 2. The Morgan fingerprint density at radius 2 is 1.64 bits per heavy atom. The molecule has 28 heavy (non-hydrogen) atoms. The molecule has 2 aromatic rings. The van der Waals surface area contributed by atoms with E-state index < -0.39 is 6.04 Å². The van der Waals surface area contributed by atoms with Gasteiger partial charge >= 0.3 is 6.19 Å². The van der Waals surface area contributed by atoms with Crippen molar-refractivity contribution in [2.24, 2.45) is 0 Å². The molecular weight excluding hydrogens is 376 g/mol. The molecule has 6 nitrogen and oxygen atoms in total. The molecule has 0 bridgehead atoms. The Morgan fingerprint density at radius 3 is 2.25 bits per heavy atom. The number of imide groups is 1. The second kappa shape index (κ2) is 7.36. The molecule has 0 aromatic heterocycles. The van der Waals surface area contributed by atoms with Crippen LogP contribution in [-0.4, -0.2) is 48.9 Å². The van der Waals surface area contributed by atoms with Crippen LogP contribution in [-0.2, 0) is 9.59 Å². The number of rotatable bonds is 3. The molecule has 2 amide bonds. The maximum Gasteiger partial charge on any atom is 0.314 e. The van der Waals surface area contributed by atoms with Crippen molar-refractivity contribution in [3.63, 3.8) is 0 Å². The zero-order valence-electron chi connectivity index (χ0n) is 15.3. The van der Waals surface area contributed by atoms with Crippen LogP contribution in [0.25, 0.3) is 0 Å². The molecule has 4 rings (SSSR count). The summed E-state index contributed by atoms with van der Waals surface area (Å²) in [6.07, 6.45) is 2.61. The quantitative estimate of drug-likeness (QED) is 0.455. The van der Waals surface area contributed by atoms with Gasteiger partial charge in [-0.05, 0) is 24.3 Å². The first-order valence-electron chi connectivity index (χ1n) is 9.24. The average Bonchev–Trinajstić information content (AvgIpc) is 3.03. The molecule has 0 N–H and O–H groups in total. The van der Waals surface area contributed by atoms with E-state index in [4.69, 9.17) is 11.6 Å². The van der Waals surface area contributed by atoms with E-state index in [1.807, 2.05) is 35.2 Å². The summed E-state index contributed by atoms with van der Waals surface area (Å²) < 4.78 is 0.229. The van der Waals surface area contributed by atoms with Crippen molar-refractivity contribution in [2.45, 2.75) is 12.5 Å². The van der Waals surface area contributed by atoms with E-state index in [9.17, 15) is 14.9 Å². The number of amides is 2. The smallest absolute Gasteiger partial charge is 0.280 e. The third kappa shape index (κ3) is 3.18. The second-order valence-corrected chi connectivity index (χ2v) is 7.59. The minimum atomic E-state index is -0.472. The topological polar surface area (TPSA) is 64.4 Å². The Morgan fingerprint density at radius 1 is 1.00 bits per heavy atom. The summed E-state index contributed by atoms with van der Waals surface area (Å²) in [5, 5.41) is 10.4. The van der Waals surface area contributed by atoms with Gasteiger partial charge in [0.25, 0.3) is 5.91 Å². The largest absolute Gasteiger partial charge is 0.314 e. The van der Waals surface area contributed by atoms with Crippen molar-refractivity contribution >= 4 is 34.8 Å². The number of halogens is 1. The molecule has 2 aromatic carbocycles. The van der Waals surface area contributed by atoms with Gasteiger partial charge in [-0.2, -0.15) is 4.48 Å². The van der Waals surface area contributed by atoms with Gasteiger partial charge in [-0.25, -0.2) is 4.90 Å². The highest BCUT2D eigenvalue weighted by molar-refractivity contribution is 6.30. The fourth-order valence-electron chi connectivity index (χ4n) is 4.03. The summed E-state index contributed by atoms with van der Waals surface area (Å²) in [5.41, 5.74) is 1.51. The van der Waals surface area contributed by atoms with Crippen molar-refractivity contribution < 1.29 is 9.59 Å². The molecule has 2 heterocycles. The number of quaternary nitrogens is 1. The van der Waals surface area contributed by atoms with Crippen LogP contribution in [0.5, 0.6) is 0 Å². The molecule has 0 aliphatic carbocycles. The highest BCUT2D eigenvalue weighted by Gasteiger charge is 2.46. The molecule has 0 radical (unpaired) electrons. The Hall–Kier alpha value is -2.72. The van der Waals surface area contributed by atoms with Gasteiger partial charge in [-0.3, -0.25) is 14.5 Å². The van der Waals surface area contributed by atoms with Crippen LogP contribution in [0.1, 0.15) is 6.42 Å². The van der Waals surface area contributed by atoms with Crippen LogP contribution < -0.4 is 9.38 Å². The Bertz CT molecular complexity index is 931. The lowest BCUT2D eigenvalue weighted by atomic mass is 10.1. The standard InChI is InChI=1S/C21H20ClN4O2/c22-16-6-8-17(9-7-16)25-20(27)14-19(21(25)28)24-10-12-26(15-23,13-11-24)18-4-2-1-3-5-18/h1-9,19H,10-14H2/q+1/t19-/m0/s1. The zero-order chi connectivity index (χ0) is 19.7. The van der Waals surface area contributed by atoms with Gasteiger partial charge in [0.1, 0.15) is 18.8 Å². The normalized spacial score (nSPS) is 22.3. The van der Waals surface area contributed by atoms with E-state index in [0.29, 0.717) is 36.9 Å². The predicted molar refractivity (Wildman–Crippen MR) is 108 cm³/mol. The number of para-hydroxylation sites is 1. The second-order valence-electron chi connectivity index (χ2n) is 7.15. The number of anilines is 1. The van der Waals surface area contributed by atoms with E-state index in [1.165, 1.54) is 4.90 Å². The number of piperazine rings is 1. The van der Waals surface area contributed by atoms with Crippen molar-refractivity contribution in [1.82, 2.24) is 9.38 Å². The highest BCUT2D eigenvalue weighted by Crippen LogP contribution is 2.30. The lowest BCUT2D eigenvalue weighted by Gasteiger charge is -2.39. The summed E-state index contributed by atoms with van der Waals surface area (Å²) >= 11 is 5.91. The number of hydrogen-bond acceptors (Lipinski definition) is 4. The van der Waals surface area contributed by atoms with Gasteiger partial charge < -0.3 is 0 Å². The van der Waals surface area contributed by atoms with E-state index in [1.54, 1.807) is 24.3 Å². The predicted octanol–water partition coefficient (Wildman–Crippen LogP) is 2.78. The van der Waals surface area contributed by atoms with Crippen LogP contribution in [0.3, 0.4) is 0 Å². The van der Waals surface area contributed by atoms with Crippen molar-refractivity contribution in [3.8, 4) is 6.19 Å². The SMILES string of the molecule is N#C[N+]1(c2ccccc2)CCN([C@H]2CC(=O)N(c3ccc(Cl)cc3)C2=O)CC1. The van der Waals surface area contributed by atoms with Gasteiger partial charge in [0.15, 0.2) is 0 Å². The first kappa shape index (κ1) is 18.6. The molecule has 0 saturated carbocycles. The number of nitrogens with zero attached hydrogens (tertiary/aromatic N) is 4. The molecule has 2 fully saturated rings. The van der Waals surface area contributed by atoms with Gasteiger partial charge in [0.05, 0.1) is 31.2 Å². The van der Waals surface area contributed by atoms with Gasteiger partial charge in [-0.15, -0.1) is 5.26 Å². The number of carbonyl (C=O) groups excluding carboxylic acids is 2. The minimum absolute atomic E-state index is 0.166. The number of nitriles is 1. The van der Waals surface area contributed by atoms with E-state index in [2.05, 4.69) is 6.19 Å².